The van der Waals surface area contributed by atoms with Crippen LogP contribution in [0.15, 0.2) is 94.7 Å². The van der Waals surface area contributed by atoms with Crippen LogP contribution >= 0.6 is 0 Å². The number of carbonyl (C=O) groups is 2. The summed E-state index contributed by atoms with van der Waals surface area (Å²) in [5, 5.41) is 0. The predicted molar refractivity (Wildman–Crippen MR) is 144 cm³/mol. The molecule has 0 fully saturated rings. The molecule has 5 rings (SSSR count). The summed E-state index contributed by atoms with van der Waals surface area (Å²) in [5.41, 5.74) is 1.35. The van der Waals surface area contributed by atoms with Gasteiger partial charge < -0.3 is 0 Å². The second kappa shape index (κ2) is 9.23. The Bertz CT molecular complexity index is 1690. The summed E-state index contributed by atoms with van der Waals surface area (Å²) in [5.74, 6) is -1.52. The van der Waals surface area contributed by atoms with E-state index in [2.05, 4.69) is 9.44 Å². The molecule has 0 aromatic heterocycles. The van der Waals surface area contributed by atoms with E-state index in [0.717, 1.165) is 23.3 Å². The molecule has 0 aliphatic heterocycles. The molecule has 8 nitrogen and oxygen atoms in total. The van der Waals surface area contributed by atoms with Gasteiger partial charge in [-0.3, -0.25) is 19.0 Å². The number of carbonyl (C=O) groups excluding carboxylic acids is 2. The highest BCUT2D eigenvalue weighted by atomic mass is 32.2. The molecule has 1 aliphatic rings. The van der Waals surface area contributed by atoms with Crippen LogP contribution in [0.5, 0.6) is 0 Å². The van der Waals surface area contributed by atoms with Gasteiger partial charge in [-0.25, -0.2) is 16.8 Å². The Morgan fingerprint density at radius 1 is 0.500 bits per heavy atom. The summed E-state index contributed by atoms with van der Waals surface area (Å²) < 4.78 is 58.7. The molecule has 192 valence electrons. The van der Waals surface area contributed by atoms with E-state index in [1.807, 2.05) is 13.8 Å². The lowest BCUT2D eigenvalue weighted by Gasteiger charge is -2.23. The van der Waals surface area contributed by atoms with E-state index in [9.17, 15) is 26.4 Å². The number of hydrogen-bond acceptors (Lipinski definition) is 6. The third-order valence-electron chi connectivity index (χ3n) is 6.19. The molecule has 0 saturated heterocycles. The van der Waals surface area contributed by atoms with Crippen molar-refractivity contribution in [1.82, 2.24) is 0 Å². The van der Waals surface area contributed by atoms with Crippen molar-refractivity contribution in [1.29, 1.82) is 0 Å². The van der Waals surface area contributed by atoms with Gasteiger partial charge in [0.05, 0.1) is 20.9 Å². The number of rotatable bonds is 6. The molecule has 10 heteroatoms. The number of nitrogens with one attached hydrogen (secondary N) is 2. The highest BCUT2D eigenvalue weighted by Crippen LogP contribution is 2.36. The fraction of sp³-hybridized carbons (Fsp3) is 0.0714. The van der Waals surface area contributed by atoms with Crippen LogP contribution in [0, 0.1) is 13.8 Å². The van der Waals surface area contributed by atoms with Gasteiger partial charge >= 0.3 is 0 Å². The van der Waals surface area contributed by atoms with Crippen LogP contribution in [0.1, 0.15) is 43.0 Å². The average Bonchev–Trinajstić information content (AvgIpc) is 2.89. The average molecular weight is 547 g/mol. The van der Waals surface area contributed by atoms with Gasteiger partial charge in [-0.15, -0.1) is 0 Å². The highest BCUT2D eigenvalue weighted by Gasteiger charge is 2.39. The van der Waals surface area contributed by atoms with Crippen LogP contribution in [-0.2, 0) is 20.0 Å². The largest absolute Gasteiger partial charge is 0.289 e. The molecule has 0 unspecified atom stereocenters. The Morgan fingerprint density at radius 3 is 1.18 bits per heavy atom. The lowest BCUT2D eigenvalue weighted by molar-refractivity contribution is 0.0974. The van der Waals surface area contributed by atoms with Crippen LogP contribution in [0.4, 0.5) is 11.4 Å². The maximum atomic E-state index is 13.6. The molecule has 0 saturated carbocycles. The zero-order chi connectivity index (χ0) is 27.2. The van der Waals surface area contributed by atoms with Crippen molar-refractivity contribution in [2.24, 2.45) is 0 Å². The first-order chi connectivity index (χ1) is 18.0. The first-order valence-electron chi connectivity index (χ1n) is 11.5. The smallest absolute Gasteiger partial charge is 0.262 e. The molecule has 2 N–H and O–H groups in total. The van der Waals surface area contributed by atoms with Crippen molar-refractivity contribution in [2.75, 3.05) is 9.44 Å². The first kappa shape index (κ1) is 25.4. The summed E-state index contributed by atoms with van der Waals surface area (Å²) in [6, 6.07) is 21.1. The maximum absolute atomic E-state index is 13.6. The normalized spacial score (nSPS) is 13.0. The lowest BCUT2D eigenvalue weighted by atomic mass is 9.84. The first-order valence-corrected chi connectivity index (χ1v) is 14.5. The van der Waals surface area contributed by atoms with E-state index in [0.29, 0.717) is 0 Å². The van der Waals surface area contributed by atoms with E-state index < -0.39 is 52.5 Å². The Kier molecular flexibility index (Phi) is 6.16. The number of fused-ring (bicyclic) bond motifs is 2. The van der Waals surface area contributed by atoms with Crippen molar-refractivity contribution < 1.29 is 26.4 Å². The second-order valence-corrected chi connectivity index (χ2v) is 12.3. The molecule has 0 bridgehead atoms. The molecule has 4 aromatic carbocycles. The maximum Gasteiger partial charge on any atom is 0.262 e. The van der Waals surface area contributed by atoms with Gasteiger partial charge in [-0.2, -0.15) is 0 Å². The third-order valence-corrected chi connectivity index (χ3v) is 9.03. The number of sulfonamides is 2. The predicted octanol–water partition coefficient (Wildman–Crippen LogP) is 4.68. The third kappa shape index (κ3) is 4.48. The van der Waals surface area contributed by atoms with Gasteiger partial charge in [0.2, 0.25) is 0 Å². The molecular weight excluding hydrogens is 524 g/mol. The SMILES string of the molecule is Cc1ccc(NS(=O)(=O)c2ccc(S(=O)(=O)Nc3ccc(C)cc3)c3c2C(=O)c2ccccc2C3=O)cc1. The van der Waals surface area contributed by atoms with Gasteiger partial charge in [0.25, 0.3) is 20.0 Å². The zero-order valence-corrected chi connectivity index (χ0v) is 22.0. The Balaban J connectivity index is 1.71. The molecule has 4 aromatic rings. The summed E-state index contributed by atoms with van der Waals surface area (Å²) in [4.78, 5) is 26.3. The number of ketones is 2. The fourth-order valence-electron chi connectivity index (χ4n) is 4.28. The quantitative estimate of drug-likeness (QED) is 0.318. The van der Waals surface area contributed by atoms with Crippen molar-refractivity contribution >= 4 is 43.0 Å². The number of anilines is 2. The zero-order valence-electron chi connectivity index (χ0n) is 20.3. The number of aryl methyl sites for hydroxylation is 2. The molecule has 0 radical (unpaired) electrons. The van der Waals surface area contributed by atoms with Gasteiger partial charge in [0.1, 0.15) is 0 Å². The van der Waals surface area contributed by atoms with E-state index in [-0.39, 0.29) is 22.5 Å². The minimum absolute atomic E-state index is 0.00201. The van der Waals surface area contributed by atoms with Gasteiger partial charge in [-0.1, -0.05) is 59.7 Å². The molecule has 0 spiro atoms. The van der Waals surface area contributed by atoms with Gasteiger partial charge in [-0.05, 0) is 50.2 Å². The number of benzene rings is 4. The molecular formula is C28H22N2O6S2. The van der Waals surface area contributed by atoms with E-state index in [1.165, 1.54) is 12.1 Å². The summed E-state index contributed by atoms with van der Waals surface area (Å²) in [7, 11) is -8.78. The highest BCUT2D eigenvalue weighted by molar-refractivity contribution is 7.93. The van der Waals surface area contributed by atoms with Crippen LogP contribution in [0.2, 0.25) is 0 Å². The van der Waals surface area contributed by atoms with Crippen LogP contribution in [0.25, 0.3) is 0 Å². The van der Waals surface area contributed by atoms with Crippen LogP contribution < -0.4 is 9.44 Å². The van der Waals surface area contributed by atoms with Gasteiger partial charge in [0.15, 0.2) is 11.6 Å². The Labute approximate surface area is 220 Å². The van der Waals surface area contributed by atoms with E-state index in [1.54, 1.807) is 60.7 Å². The Hall–Kier alpha value is -4.28. The standard InChI is InChI=1S/C28H22N2O6S2/c1-17-7-11-19(12-8-17)29-37(33,34)23-15-16-24(38(35,36)30-20-13-9-18(2)10-14-20)26-25(23)27(31)21-5-3-4-6-22(21)28(26)32/h3-16,29-30H,1-2H3. The molecule has 38 heavy (non-hydrogen) atoms. The van der Waals surface area contributed by atoms with Crippen molar-refractivity contribution in [2.45, 2.75) is 23.6 Å². The van der Waals surface area contributed by atoms with Gasteiger partial charge in [0, 0.05) is 22.5 Å². The summed E-state index contributed by atoms with van der Waals surface area (Å²) >= 11 is 0. The minimum atomic E-state index is -4.39. The van der Waals surface area contributed by atoms with Crippen molar-refractivity contribution in [3.8, 4) is 0 Å². The summed E-state index contributed by atoms with van der Waals surface area (Å²) in [6.45, 7) is 3.69. The van der Waals surface area contributed by atoms with Crippen LogP contribution in [0.3, 0.4) is 0 Å². The van der Waals surface area contributed by atoms with E-state index >= 15 is 0 Å². The second-order valence-electron chi connectivity index (χ2n) is 8.96. The van der Waals surface area contributed by atoms with Crippen molar-refractivity contribution in [3.05, 3.63) is 118 Å². The molecule has 0 heterocycles. The summed E-state index contributed by atoms with van der Waals surface area (Å²) in [6.07, 6.45) is 0. The monoisotopic (exact) mass is 546 g/mol. The lowest BCUT2D eigenvalue weighted by Crippen LogP contribution is -2.29. The van der Waals surface area contributed by atoms with E-state index in [4.69, 9.17) is 0 Å². The Morgan fingerprint density at radius 2 is 0.842 bits per heavy atom. The van der Waals surface area contributed by atoms with Crippen LogP contribution in [-0.4, -0.2) is 28.4 Å². The van der Waals surface area contributed by atoms with Crippen molar-refractivity contribution in [3.63, 3.8) is 0 Å². The minimum Gasteiger partial charge on any atom is -0.289 e. The molecule has 0 atom stereocenters. The molecule has 0 amide bonds. The topological polar surface area (TPSA) is 126 Å². The number of hydrogen-bond donors (Lipinski definition) is 2. The fourth-order valence-corrected chi connectivity index (χ4v) is 6.81. The molecule has 1 aliphatic carbocycles.